The predicted molar refractivity (Wildman–Crippen MR) is 279 cm³/mol. The predicted octanol–water partition coefficient (Wildman–Crippen LogP) is 18.2. The van der Waals surface area contributed by atoms with E-state index < -0.39 is 6.10 Å². The van der Waals surface area contributed by atoms with Crippen LogP contribution >= 0.6 is 0 Å². The molecule has 0 bridgehead atoms. The van der Waals surface area contributed by atoms with E-state index in [0.717, 1.165) is 116 Å². The van der Waals surface area contributed by atoms with Crippen LogP contribution in [0.15, 0.2) is 97.2 Å². The fourth-order valence-electron chi connectivity index (χ4n) is 7.10. The van der Waals surface area contributed by atoms with Crippen LogP contribution in [0.5, 0.6) is 0 Å². The Morgan fingerprint density at radius 2 is 0.734 bits per heavy atom. The van der Waals surface area contributed by atoms with Crippen LogP contribution in [0.3, 0.4) is 0 Å². The van der Waals surface area contributed by atoms with Crippen molar-refractivity contribution in [2.24, 2.45) is 0 Å². The first-order valence-electron chi connectivity index (χ1n) is 26.8. The summed E-state index contributed by atoms with van der Waals surface area (Å²) >= 11 is 0. The Hall–Kier alpha value is -3.18. The van der Waals surface area contributed by atoms with Gasteiger partial charge in [-0.1, -0.05) is 208 Å². The van der Waals surface area contributed by atoms with Crippen molar-refractivity contribution in [1.82, 2.24) is 0 Å². The minimum absolute atomic E-state index is 0.0598. The Bertz CT molecular complexity index is 1230. The van der Waals surface area contributed by atoms with Crippen molar-refractivity contribution >= 4 is 11.9 Å². The van der Waals surface area contributed by atoms with Gasteiger partial charge in [0.1, 0.15) is 6.61 Å². The van der Waals surface area contributed by atoms with E-state index in [0.29, 0.717) is 19.4 Å². The Morgan fingerprint density at radius 1 is 0.359 bits per heavy atom. The molecule has 0 aliphatic rings. The smallest absolute Gasteiger partial charge is 0.306 e. The molecule has 0 aromatic heterocycles. The molecule has 0 spiro atoms. The lowest BCUT2D eigenvalue weighted by Crippen LogP contribution is -2.30. The van der Waals surface area contributed by atoms with Gasteiger partial charge in [0.15, 0.2) is 6.10 Å². The zero-order valence-electron chi connectivity index (χ0n) is 42.0. The molecular weight excluding hydrogens is 789 g/mol. The lowest BCUT2D eigenvalue weighted by Gasteiger charge is -2.18. The number of rotatable bonds is 48. The van der Waals surface area contributed by atoms with E-state index >= 15 is 0 Å². The molecule has 1 unspecified atom stereocenters. The van der Waals surface area contributed by atoms with Gasteiger partial charge in [0, 0.05) is 19.4 Å². The number of carbonyl (C=O) groups is 2. The molecule has 0 amide bonds. The van der Waals surface area contributed by atoms with Gasteiger partial charge in [-0.25, -0.2) is 0 Å². The van der Waals surface area contributed by atoms with Crippen LogP contribution in [0.4, 0.5) is 0 Å². The van der Waals surface area contributed by atoms with Crippen molar-refractivity contribution in [2.45, 2.75) is 245 Å². The van der Waals surface area contributed by atoms with Gasteiger partial charge in [-0.15, -0.1) is 0 Å². The van der Waals surface area contributed by atoms with E-state index in [-0.39, 0.29) is 25.2 Å². The normalized spacial score (nSPS) is 13.0. The number of ether oxygens (including phenoxy) is 3. The Morgan fingerprint density at radius 3 is 1.19 bits per heavy atom. The Labute approximate surface area is 396 Å². The maximum Gasteiger partial charge on any atom is 0.306 e. The highest BCUT2D eigenvalue weighted by Gasteiger charge is 2.17. The van der Waals surface area contributed by atoms with E-state index in [1.807, 2.05) is 0 Å². The summed E-state index contributed by atoms with van der Waals surface area (Å²) in [6, 6.07) is 0. The van der Waals surface area contributed by atoms with Gasteiger partial charge < -0.3 is 14.2 Å². The molecule has 366 valence electrons. The van der Waals surface area contributed by atoms with Gasteiger partial charge in [-0.2, -0.15) is 0 Å². The van der Waals surface area contributed by atoms with E-state index in [1.54, 1.807) is 0 Å². The zero-order valence-corrected chi connectivity index (χ0v) is 42.0. The first-order valence-corrected chi connectivity index (χ1v) is 26.8. The number of esters is 2. The molecule has 0 saturated heterocycles. The fourth-order valence-corrected chi connectivity index (χ4v) is 7.10. The number of unbranched alkanes of at least 4 members (excludes halogenated alkanes) is 21. The number of hydrogen-bond acceptors (Lipinski definition) is 5. The van der Waals surface area contributed by atoms with Crippen molar-refractivity contribution in [3.05, 3.63) is 97.2 Å². The molecule has 5 heteroatoms. The molecule has 0 heterocycles. The molecule has 0 aromatic rings. The highest BCUT2D eigenvalue weighted by molar-refractivity contribution is 5.70. The molecule has 0 saturated carbocycles. The van der Waals surface area contributed by atoms with Gasteiger partial charge in [0.05, 0.1) is 6.61 Å². The average molecular weight is 889 g/mol. The summed E-state index contributed by atoms with van der Waals surface area (Å²) in [5.41, 5.74) is 0. The molecule has 0 fully saturated rings. The van der Waals surface area contributed by atoms with Crippen LogP contribution in [-0.4, -0.2) is 37.9 Å². The minimum atomic E-state index is -0.562. The van der Waals surface area contributed by atoms with Crippen LogP contribution in [0.2, 0.25) is 0 Å². The molecule has 0 radical (unpaired) electrons. The van der Waals surface area contributed by atoms with E-state index in [1.165, 1.54) is 89.9 Å². The first-order chi connectivity index (χ1) is 31.6. The second-order valence-corrected chi connectivity index (χ2v) is 17.4. The largest absolute Gasteiger partial charge is 0.462 e. The van der Waals surface area contributed by atoms with E-state index in [2.05, 4.69) is 118 Å². The highest BCUT2D eigenvalue weighted by Crippen LogP contribution is 2.13. The van der Waals surface area contributed by atoms with Gasteiger partial charge in [0.2, 0.25) is 0 Å². The van der Waals surface area contributed by atoms with Crippen molar-refractivity contribution in [2.75, 3.05) is 19.8 Å². The van der Waals surface area contributed by atoms with Crippen molar-refractivity contribution in [3.8, 4) is 0 Å². The zero-order chi connectivity index (χ0) is 46.3. The van der Waals surface area contributed by atoms with E-state index in [9.17, 15) is 9.59 Å². The molecule has 0 aromatic carbocycles. The topological polar surface area (TPSA) is 61.8 Å². The highest BCUT2D eigenvalue weighted by atomic mass is 16.6. The minimum Gasteiger partial charge on any atom is -0.462 e. The second-order valence-electron chi connectivity index (χ2n) is 17.4. The number of hydrogen-bond donors (Lipinski definition) is 0. The molecule has 0 aliphatic heterocycles. The standard InChI is InChI=1S/C59H100O5/c1-4-7-10-13-16-19-22-25-27-29-31-33-36-39-42-45-48-51-54-62-55-57(64-59(61)53-50-47-44-41-38-34-24-21-18-15-12-9-6-3)56-63-58(60)52-49-46-43-40-37-35-32-30-28-26-23-20-17-14-11-8-5-2/h8,11-12,15-17,19-21,24-28,32,35,57H,4-7,9-10,13-14,18,22-23,29-31,33-34,36-56H2,1-3H3/b11-8-,15-12-,19-16-,20-17-,24-21-,27-25-,28-26-,35-32-. The Balaban J connectivity index is 4.34. The van der Waals surface area contributed by atoms with Crippen molar-refractivity contribution < 1.29 is 23.8 Å². The fraction of sp³-hybridized carbons (Fsp3) is 0.695. The monoisotopic (exact) mass is 889 g/mol. The SMILES string of the molecule is CC/C=C\C/C=C\C/C=C\C/C=C\CCCCCCC(=O)OCC(COCCCCCCCCCC/C=C\C/C=C\CCCCC)OC(=O)CCCCCCC/C=C\C/C=C\CCC. The van der Waals surface area contributed by atoms with Gasteiger partial charge in [0.25, 0.3) is 0 Å². The van der Waals surface area contributed by atoms with Crippen molar-refractivity contribution in [3.63, 3.8) is 0 Å². The van der Waals surface area contributed by atoms with Gasteiger partial charge in [-0.05, 0) is 116 Å². The second kappa shape index (κ2) is 54.2. The molecule has 1 atom stereocenters. The summed E-state index contributed by atoms with van der Waals surface area (Å²) in [4.78, 5) is 25.4. The maximum absolute atomic E-state index is 12.8. The van der Waals surface area contributed by atoms with E-state index in [4.69, 9.17) is 14.2 Å². The summed E-state index contributed by atoms with van der Waals surface area (Å²) in [7, 11) is 0. The van der Waals surface area contributed by atoms with Gasteiger partial charge >= 0.3 is 11.9 Å². The van der Waals surface area contributed by atoms with Crippen LogP contribution < -0.4 is 0 Å². The number of allylic oxidation sites excluding steroid dienone is 16. The summed E-state index contributed by atoms with van der Waals surface area (Å²) in [5, 5.41) is 0. The summed E-state index contributed by atoms with van der Waals surface area (Å²) < 4.78 is 17.4. The first kappa shape index (κ1) is 60.8. The third-order valence-electron chi connectivity index (χ3n) is 11.1. The number of carbonyl (C=O) groups excluding carboxylic acids is 2. The Kier molecular flexibility index (Phi) is 51.5. The van der Waals surface area contributed by atoms with Crippen LogP contribution in [0.1, 0.15) is 239 Å². The molecule has 0 rings (SSSR count). The molecule has 5 nitrogen and oxygen atoms in total. The summed E-state index contributed by atoms with van der Waals surface area (Å²) in [6.07, 6.45) is 72.7. The van der Waals surface area contributed by atoms with Crippen LogP contribution in [0.25, 0.3) is 0 Å². The molecule has 0 aliphatic carbocycles. The third kappa shape index (κ3) is 51.5. The molecule has 0 N–H and O–H groups in total. The van der Waals surface area contributed by atoms with Crippen LogP contribution in [-0.2, 0) is 23.8 Å². The van der Waals surface area contributed by atoms with Crippen molar-refractivity contribution in [1.29, 1.82) is 0 Å². The summed E-state index contributed by atoms with van der Waals surface area (Å²) in [5.74, 6) is -0.446. The van der Waals surface area contributed by atoms with Crippen LogP contribution in [0, 0.1) is 0 Å². The lowest BCUT2D eigenvalue weighted by atomic mass is 10.1. The lowest BCUT2D eigenvalue weighted by molar-refractivity contribution is -0.163. The van der Waals surface area contributed by atoms with Gasteiger partial charge in [-0.3, -0.25) is 9.59 Å². The maximum atomic E-state index is 12.8. The third-order valence-corrected chi connectivity index (χ3v) is 11.1. The molecular formula is C59H100O5. The quantitative estimate of drug-likeness (QED) is 0.0346. The summed E-state index contributed by atoms with van der Waals surface area (Å²) in [6.45, 7) is 7.58. The average Bonchev–Trinajstić information content (AvgIpc) is 3.30. The molecule has 64 heavy (non-hydrogen) atoms.